The zero-order valence-electron chi connectivity index (χ0n) is 13.5. The number of aromatic hydroxyl groups is 1. The van der Waals surface area contributed by atoms with Crippen LogP contribution >= 0.6 is 0 Å². The molecule has 1 saturated heterocycles. The van der Waals surface area contributed by atoms with Crippen LogP contribution in [0.1, 0.15) is 43.7 Å². The number of phenols is 1. The van der Waals surface area contributed by atoms with Crippen LogP contribution in [0.3, 0.4) is 0 Å². The van der Waals surface area contributed by atoms with Crippen molar-refractivity contribution in [2.24, 2.45) is 5.92 Å². The van der Waals surface area contributed by atoms with Crippen molar-refractivity contribution in [2.45, 2.75) is 44.2 Å². The minimum atomic E-state index is -0.700. The number of carbonyl (C=O) groups is 2. The topological polar surface area (TPSA) is 87.7 Å². The van der Waals surface area contributed by atoms with E-state index in [1.165, 1.54) is 18.6 Å². The fraction of sp³-hybridized carbons (Fsp3) is 0.444. The highest BCUT2D eigenvalue weighted by Gasteiger charge is 2.39. The molecule has 2 amide bonds. The summed E-state index contributed by atoms with van der Waals surface area (Å²) in [6, 6.07) is 5.44. The largest absolute Gasteiger partial charge is 0.508 e. The Bertz CT molecular complexity index is 635. The van der Waals surface area contributed by atoms with Crippen LogP contribution in [0.25, 0.3) is 0 Å². The van der Waals surface area contributed by atoms with Gasteiger partial charge in [-0.2, -0.15) is 0 Å². The van der Waals surface area contributed by atoms with E-state index in [0.29, 0.717) is 5.70 Å². The highest BCUT2D eigenvalue weighted by molar-refractivity contribution is 5.85. The van der Waals surface area contributed by atoms with Gasteiger partial charge in [-0.15, -0.1) is 0 Å². The van der Waals surface area contributed by atoms with Crippen molar-refractivity contribution in [1.29, 1.82) is 0 Å². The van der Waals surface area contributed by atoms with Crippen molar-refractivity contribution < 1.29 is 19.4 Å². The lowest BCUT2D eigenvalue weighted by atomic mass is 9.88. The number of amides is 2. The molecular formula is C18H22N2O4. The van der Waals surface area contributed by atoms with Gasteiger partial charge in [0, 0.05) is 5.70 Å². The fourth-order valence-corrected chi connectivity index (χ4v) is 3.34. The molecule has 1 heterocycles. The van der Waals surface area contributed by atoms with Crippen molar-refractivity contribution in [3.8, 4) is 5.75 Å². The van der Waals surface area contributed by atoms with Crippen molar-refractivity contribution in [2.75, 3.05) is 0 Å². The monoisotopic (exact) mass is 330 g/mol. The Kier molecular flexibility index (Phi) is 4.74. The molecule has 24 heavy (non-hydrogen) atoms. The Morgan fingerprint density at radius 2 is 1.83 bits per heavy atom. The number of hydrogen-bond acceptors (Lipinski definition) is 4. The van der Waals surface area contributed by atoms with Crippen molar-refractivity contribution >= 4 is 12.0 Å². The van der Waals surface area contributed by atoms with Gasteiger partial charge in [-0.1, -0.05) is 25.1 Å². The van der Waals surface area contributed by atoms with Crippen LogP contribution in [0, 0.1) is 5.92 Å². The first-order chi connectivity index (χ1) is 11.5. The molecule has 6 heteroatoms. The molecule has 0 radical (unpaired) electrons. The van der Waals surface area contributed by atoms with E-state index in [4.69, 9.17) is 4.74 Å². The molecule has 0 aromatic heterocycles. The predicted molar refractivity (Wildman–Crippen MR) is 88.1 cm³/mol. The van der Waals surface area contributed by atoms with Gasteiger partial charge in [-0.3, -0.25) is 4.79 Å². The summed E-state index contributed by atoms with van der Waals surface area (Å²) in [5.74, 6) is -0.953. The number of benzene rings is 1. The van der Waals surface area contributed by atoms with Crippen molar-refractivity contribution in [1.82, 2.24) is 10.6 Å². The van der Waals surface area contributed by atoms with E-state index in [0.717, 1.165) is 31.2 Å². The molecule has 0 spiro atoms. The molecule has 6 nitrogen and oxygen atoms in total. The van der Waals surface area contributed by atoms with E-state index in [9.17, 15) is 14.7 Å². The number of rotatable bonds is 3. The zero-order valence-corrected chi connectivity index (χ0v) is 13.5. The first-order valence-corrected chi connectivity index (χ1v) is 8.30. The highest BCUT2D eigenvalue weighted by Crippen LogP contribution is 2.32. The van der Waals surface area contributed by atoms with Crippen LogP contribution in [0.2, 0.25) is 0 Å². The summed E-state index contributed by atoms with van der Waals surface area (Å²) < 4.78 is 5.67. The summed E-state index contributed by atoms with van der Waals surface area (Å²) in [4.78, 5) is 24.5. The normalized spacial score (nSPS) is 24.8. The molecule has 2 aliphatic rings. The molecule has 1 aromatic rings. The summed E-state index contributed by atoms with van der Waals surface area (Å²) in [6.07, 6.45) is 5.03. The zero-order chi connectivity index (χ0) is 17.1. The number of esters is 1. The lowest BCUT2D eigenvalue weighted by Gasteiger charge is -2.34. The quantitative estimate of drug-likeness (QED) is 0.744. The smallest absolute Gasteiger partial charge is 0.319 e. The Labute approximate surface area is 140 Å². The van der Waals surface area contributed by atoms with Crippen molar-refractivity contribution in [3.63, 3.8) is 0 Å². The van der Waals surface area contributed by atoms with Gasteiger partial charge in [0.05, 0.1) is 6.04 Å². The molecular weight excluding hydrogens is 308 g/mol. The molecule has 2 unspecified atom stereocenters. The van der Waals surface area contributed by atoms with Crippen LogP contribution in [-0.4, -0.2) is 23.2 Å². The van der Waals surface area contributed by atoms with Crippen LogP contribution in [0.4, 0.5) is 4.79 Å². The lowest BCUT2D eigenvalue weighted by Crippen LogP contribution is -2.51. The molecule has 0 bridgehead atoms. The summed E-state index contributed by atoms with van der Waals surface area (Å²) in [7, 11) is 0. The molecule has 1 aromatic carbocycles. The third kappa shape index (κ3) is 3.53. The van der Waals surface area contributed by atoms with Gasteiger partial charge >= 0.3 is 12.0 Å². The maximum absolute atomic E-state index is 12.7. The maximum Gasteiger partial charge on any atom is 0.319 e. The molecule has 3 N–H and O–H groups in total. The Morgan fingerprint density at radius 1 is 1.17 bits per heavy atom. The van der Waals surface area contributed by atoms with Crippen LogP contribution in [0.15, 0.2) is 36.5 Å². The van der Waals surface area contributed by atoms with Gasteiger partial charge in [-0.05, 0) is 43.4 Å². The van der Waals surface area contributed by atoms with E-state index in [1.807, 2.05) is 0 Å². The molecule has 2 atom stereocenters. The van der Waals surface area contributed by atoms with E-state index >= 15 is 0 Å². The second-order valence-corrected chi connectivity index (χ2v) is 6.37. The molecule has 1 aliphatic carbocycles. The van der Waals surface area contributed by atoms with E-state index in [-0.39, 0.29) is 17.8 Å². The molecule has 1 aliphatic heterocycles. The number of hydrogen-bond donors (Lipinski definition) is 3. The highest BCUT2D eigenvalue weighted by atomic mass is 16.5. The minimum absolute atomic E-state index is 0.0582. The average Bonchev–Trinajstić information content (AvgIpc) is 2.55. The van der Waals surface area contributed by atoms with Gasteiger partial charge in [-0.25, -0.2) is 4.79 Å². The Morgan fingerprint density at radius 3 is 2.50 bits per heavy atom. The minimum Gasteiger partial charge on any atom is -0.508 e. The molecule has 1 saturated carbocycles. The predicted octanol–water partition coefficient (Wildman–Crippen LogP) is 2.75. The standard InChI is InChI=1S/C18H22N2O4/c1-11-15(17(22)24-14-5-3-2-4-6-14)16(20-18(23)19-11)12-7-9-13(21)10-8-12/h7-10,14-16,21H,1-6H2,(H2,19,20,23). The van der Waals surface area contributed by atoms with Gasteiger partial charge < -0.3 is 20.5 Å². The number of carbonyl (C=O) groups excluding carboxylic acids is 2. The summed E-state index contributed by atoms with van der Waals surface area (Å²) in [6.45, 7) is 3.83. The number of phenolic OH excluding ortho intramolecular Hbond substituents is 1. The van der Waals surface area contributed by atoms with Crippen LogP contribution in [0.5, 0.6) is 5.75 Å². The van der Waals surface area contributed by atoms with E-state index in [2.05, 4.69) is 17.2 Å². The lowest BCUT2D eigenvalue weighted by molar-refractivity contribution is -0.155. The van der Waals surface area contributed by atoms with E-state index < -0.39 is 18.0 Å². The Hall–Kier alpha value is -2.50. The first-order valence-electron chi connectivity index (χ1n) is 8.30. The second-order valence-electron chi connectivity index (χ2n) is 6.37. The SMILES string of the molecule is C=C1NC(=O)NC(c2ccc(O)cc2)C1C(=O)OC1CCCCC1. The average molecular weight is 330 g/mol. The number of ether oxygens (including phenoxy) is 1. The molecule has 2 fully saturated rings. The third-order valence-corrected chi connectivity index (χ3v) is 4.61. The summed E-state index contributed by atoms with van der Waals surface area (Å²) in [5.41, 5.74) is 1.05. The van der Waals surface area contributed by atoms with Gasteiger partial charge in [0.2, 0.25) is 0 Å². The number of nitrogens with one attached hydrogen (secondary N) is 2. The second kappa shape index (κ2) is 6.95. The van der Waals surface area contributed by atoms with Crippen LogP contribution in [-0.2, 0) is 9.53 Å². The number of urea groups is 1. The van der Waals surface area contributed by atoms with Crippen molar-refractivity contribution in [3.05, 3.63) is 42.1 Å². The summed E-state index contributed by atoms with van der Waals surface area (Å²) in [5, 5.41) is 14.8. The Balaban J connectivity index is 1.80. The molecule has 128 valence electrons. The van der Waals surface area contributed by atoms with Gasteiger partial charge in [0.25, 0.3) is 0 Å². The first kappa shape index (κ1) is 16.4. The van der Waals surface area contributed by atoms with Gasteiger partial charge in [0.15, 0.2) is 0 Å². The fourth-order valence-electron chi connectivity index (χ4n) is 3.34. The molecule has 3 rings (SSSR count). The van der Waals surface area contributed by atoms with Gasteiger partial charge in [0.1, 0.15) is 17.8 Å². The van der Waals surface area contributed by atoms with E-state index in [1.54, 1.807) is 12.1 Å². The van der Waals surface area contributed by atoms with Crippen LogP contribution < -0.4 is 10.6 Å². The summed E-state index contributed by atoms with van der Waals surface area (Å²) >= 11 is 0. The third-order valence-electron chi connectivity index (χ3n) is 4.61. The maximum atomic E-state index is 12.7.